The Morgan fingerprint density at radius 3 is 2.68 bits per heavy atom. The van der Waals surface area contributed by atoms with Crippen molar-refractivity contribution in [3.8, 4) is 0 Å². The molecule has 0 bridgehead atoms. The molecular formula is C20H24N4O4. The van der Waals surface area contributed by atoms with Crippen molar-refractivity contribution in [2.45, 2.75) is 51.4 Å². The van der Waals surface area contributed by atoms with Crippen molar-refractivity contribution in [2.75, 3.05) is 5.43 Å². The van der Waals surface area contributed by atoms with Crippen LogP contribution in [-0.4, -0.2) is 15.6 Å². The summed E-state index contributed by atoms with van der Waals surface area (Å²) in [5.74, 6) is 1.58. The minimum absolute atomic E-state index is 0.195. The number of nitro groups is 2. The number of hydrogen-bond acceptors (Lipinski definition) is 6. The van der Waals surface area contributed by atoms with Gasteiger partial charge in [0.2, 0.25) is 0 Å². The molecule has 0 unspecified atom stereocenters. The predicted molar refractivity (Wildman–Crippen MR) is 106 cm³/mol. The summed E-state index contributed by atoms with van der Waals surface area (Å²) in [7, 11) is 0. The first-order valence-electron chi connectivity index (χ1n) is 9.99. The summed E-state index contributed by atoms with van der Waals surface area (Å²) in [6.45, 7) is 0. The van der Waals surface area contributed by atoms with Crippen LogP contribution in [-0.2, 0) is 0 Å². The average Bonchev–Trinajstić information content (AvgIpc) is 2.71. The van der Waals surface area contributed by atoms with E-state index < -0.39 is 9.85 Å². The van der Waals surface area contributed by atoms with E-state index in [0.29, 0.717) is 17.8 Å². The van der Waals surface area contributed by atoms with Gasteiger partial charge >= 0.3 is 5.69 Å². The van der Waals surface area contributed by atoms with Crippen LogP contribution in [0, 0.1) is 38.0 Å². The molecule has 4 rings (SSSR count). The standard InChI is InChI=1S/C20H24N4O4/c25-23(26)15-10-11-17(19(12-15)24(27)28)21-22-18-7-3-5-14-9-8-13-4-1-2-6-16(13)20(14)18/h8,10-12,14,16,20-21H,1-7,9H2/b22-18-/t14-,16+,20-/m0/s1. The third kappa shape index (κ3) is 3.50. The van der Waals surface area contributed by atoms with Crippen molar-refractivity contribution in [1.82, 2.24) is 0 Å². The lowest BCUT2D eigenvalue weighted by Crippen LogP contribution is -2.39. The molecule has 0 radical (unpaired) electrons. The number of nitrogens with zero attached hydrogens (tertiary/aromatic N) is 3. The predicted octanol–water partition coefficient (Wildman–Crippen LogP) is 5.21. The Labute approximate surface area is 163 Å². The van der Waals surface area contributed by atoms with E-state index in [1.54, 1.807) is 5.57 Å². The first-order valence-corrected chi connectivity index (χ1v) is 9.99. The fourth-order valence-corrected chi connectivity index (χ4v) is 5.16. The molecule has 0 saturated heterocycles. The van der Waals surface area contributed by atoms with Gasteiger partial charge in [-0.1, -0.05) is 18.1 Å². The van der Waals surface area contributed by atoms with Crippen molar-refractivity contribution in [1.29, 1.82) is 0 Å². The Morgan fingerprint density at radius 1 is 1.04 bits per heavy atom. The normalized spacial score (nSPS) is 28.1. The van der Waals surface area contributed by atoms with E-state index in [0.717, 1.165) is 31.0 Å². The van der Waals surface area contributed by atoms with Crippen LogP contribution in [0.4, 0.5) is 17.1 Å². The van der Waals surface area contributed by atoms with Crippen LogP contribution >= 0.6 is 0 Å². The van der Waals surface area contributed by atoms with Gasteiger partial charge < -0.3 is 0 Å². The number of benzene rings is 1. The number of allylic oxidation sites excluding steroid dienone is 2. The smallest absolute Gasteiger partial charge is 0.272 e. The van der Waals surface area contributed by atoms with Crippen molar-refractivity contribution < 1.29 is 9.85 Å². The second-order valence-electron chi connectivity index (χ2n) is 7.98. The second kappa shape index (κ2) is 7.69. The van der Waals surface area contributed by atoms with E-state index >= 15 is 0 Å². The Hall–Kier alpha value is -2.77. The van der Waals surface area contributed by atoms with Crippen molar-refractivity contribution >= 4 is 22.8 Å². The first-order chi connectivity index (χ1) is 13.5. The van der Waals surface area contributed by atoms with Crippen LogP contribution in [0.2, 0.25) is 0 Å². The molecule has 0 spiro atoms. The monoisotopic (exact) mass is 384 g/mol. The zero-order valence-electron chi connectivity index (χ0n) is 15.7. The molecule has 1 aromatic carbocycles. The molecule has 8 nitrogen and oxygen atoms in total. The Morgan fingerprint density at radius 2 is 1.89 bits per heavy atom. The zero-order chi connectivity index (χ0) is 19.7. The number of rotatable bonds is 4. The highest BCUT2D eigenvalue weighted by Gasteiger charge is 2.40. The van der Waals surface area contributed by atoms with Crippen molar-refractivity contribution in [3.63, 3.8) is 0 Å². The maximum absolute atomic E-state index is 11.4. The van der Waals surface area contributed by atoms with Gasteiger partial charge in [0.1, 0.15) is 5.69 Å². The van der Waals surface area contributed by atoms with E-state index in [9.17, 15) is 20.2 Å². The van der Waals surface area contributed by atoms with Gasteiger partial charge in [0.15, 0.2) is 0 Å². The average molecular weight is 384 g/mol. The van der Waals surface area contributed by atoms with Gasteiger partial charge in [-0.3, -0.25) is 25.7 Å². The van der Waals surface area contributed by atoms with Gasteiger partial charge in [0.05, 0.1) is 15.9 Å². The maximum atomic E-state index is 11.4. The molecule has 8 heteroatoms. The van der Waals surface area contributed by atoms with E-state index in [2.05, 4.69) is 16.6 Å². The summed E-state index contributed by atoms with van der Waals surface area (Å²) in [5, 5.41) is 26.9. The Balaban J connectivity index is 1.61. The van der Waals surface area contributed by atoms with E-state index in [4.69, 9.17) is 0 Å². The van der Waals surface area contributed by atoms with Crippen LogP contribution in [0.5, 0.6) is 0 Å². The quantitative estimate of drug-likeness (QED) is 0.435. The summed E-state index contributed by atoms with van der Waals surface area (Å²) in [6, 6.07) is 3.62. The van der Waals surface area contributed by atoms with E-state index in [-0.39, 0.29) is 17.1 Å². The molecule has 0 amide bonds. The lowest BCUT2D eigenvalue weighted by molar-refractivity contribution is -0.393. The molecule has 0 aliphatic heterocycles. The largest absolute Gasteiger partial charge is 0.301 e. The van der Waals surface area contributed by atoms with Crippen LogP contribution < -0.4 is 5.43 Å². The van der Waals surface area contributed by atoms with E-state index in [1.165, 1.54) is 44.2 Å². The molecule has 0 aromatic heterocycles. The Kier molecular flexibility index (Phi) is 5.11. The molecule has 3 atom stereocenters. The van der Waals surface area contributed by atoms with Gasteiger partial charge in [0, 0.05) is 17.7 Å². The molecule has 2 saturated carbocycles. The summed E-state index contributed by atoms with van der Waals surface area (Å²) in [4.78, 5) is 21.0. The molecular weight excluding hydrogens is 360 g/mol. The summed E-state index contributed by atoms with van der Waals surface area (Å²) >= 11 is 0. The summed E-state index contributed by atoms with van der Waals surface area (Å²) in [6.07, 6.45) is 11.6. The third-order valence-corrected chi connectivity index (χ3v) is 6.43. The highest BCUT2D eigenvalue weighted by molar-refractivity contribution is 5.89. The maximum Gasteiger partial charge on any atom is 0.301 e. The van der Waals surface area contributed by atoms with Crippen LogP contribution in [0.3, 0.4) is 0 Å². The van der Waals surface area contributed by atoms with Crippen LogP contribution in [0.25, 0.3) is 0 Å². The summed E-state index contributed by atoms with van der Waals surface area (Å²) < 4.78 is 0. The molecule has 28 heavy (non-hydrogen) atoms. The topological polar surface area (TPSA) is 111 Å². The fraction of sp³-hybridized carbons (Fsp3) is 0.550. The second-order valence-corrected chi connectivity index (χ2v) is 7.98. The SMILES string of the molecule is O=[N+]([O-])c1ccc(N/N=C2/CCC[C@H]3CC=C4CCCC[C@H]4[C@@H]23)c([N+](=O)[O-])c1. The zero-order valence-corrected chi connectivity index (χ0v) is 15.7. The lowest BCUT2D eigenvalue weighted by Gasteiger charge is -2.44. The highest BCUT2D eigenvalue weighted by atomic mass is 16.6. The lowest BCUT2D eigenvalue weighted by atomic mass is 9.61. The number of fused-ring (bicyclic) bond motifs is 3. The molecule has 1 N–H and O–H groups in total. The molecule has 1 aromatic rings. The third-order valence-electron chi connectivity index (χ3n) is 6.43. The van der Waals surface area contributed by atoms with Gasteiger partial charge in [-0.05, 0) is 62.8 Å². The number of hydrazone groups is 1. The van der Waals surface area contributed by atoms with Crippen LogP contribution in [0.15, 0.2) is 34.9 Å². The summed E-state index contributed by atoms with van der Waals surface area (Å²) in [5.41, 5.74) is 5.10. The number of nitrogens with one attached hydrogen (secondary N) is 1. The van der Waals surface area contributed by atoms with Crippen molar-refractivity contribution in [3.05, 3.63) is 50.1 Å². The minimum atomic E-state index is -0.632. The van der Waals surface area contributed by atoms with Gasteiger partial charge in [0.25, 0.3) is 5.69 Å². The Bertz CT molecular complexity index is 864. The molecule has 2 fully saturated rings. The molecule has 148 valence electrons. The minimum Gasteiger partial charge on any atom is -0.272 e. The van der Waals surface area contributed by atoms with Gasteiger partial charge in [-0.15, -0.1) is 0 Å². The van der Waals surface area contributed by atoms with E-state index in [1.807, 2.05) is 0 Å². The number of non-ortho nitro benzene ring substituents is 1. The fourth-order valence-electron chi connectivity index (χ4n) is 5.16. The van der Waals surface area contributed by atoms with Gasteiger partial charge in [-0.2, -0.15) is 5.10 Å². The number of hydrogen-bond donors (Lipinski definition) is 1. The molecule has 3 aliphatic carbocycles. The number of nitro benzene ring substituents is 2. The number of anilines is 1. The molecule has 3 aliphatic rings. The van der Waals surface area contributed by atoms with Crippen LogP contribution in [0.1, 0.15) is 51.4 Å². The van der Waals surface area contributed by atoms with Gasteiger partial charge in [-0.25, -0.2) is 0 Å². The first kappa shape index (κ1) is 18.6. The van der Waals surface area contributed by atoms with Crippen molar-refractivity contribution in [2.24, 2.45) is 22.9 Å². The molecule has 0 heterocycles. The highest BCUT2D eigenvalue weighted by Crippen LogP contribution is 2.47.